The minimum atomic E-state index is -3.70. The van der Waals surface area contributed by atoms with Crippen LogP contribution in [0.5, 0.6) is 0 Å². The summed E-state index contributed by atoms with van der Waals surface area (Å²) >= 11 is 5.89. The van der Waals surface area contributed by atoms with E-state index in [4.69, 9.17) is 16.3 Å². The van der Waals surface area contributed by atoms with E-state index in [-0.39, 0.29) is 22.3 Å². The highest BCUT2D eigenvalue weighted by molar-refractivity contribution is 7.89. The molecule has 1 aliphatic heterocycles. The number of aryl methyl sites for hydroxylation is 1. The van der Waals surface area contributed by atoms with E-state index in [0.29, 0.717) is 6.61 Å². The largest absolute Gasteiger partial charge is 0.377 e. The molecule has 0 bridgehead atoms. The van der Waals surface area contributed by atoms with Crippen LogP contribution in [-0.2, 0) is 21.8 Å². The number of sulfonamides is 1. The van der Waals surface area contributed by atoms with Crippen molar-refractivity contribution in [3.63, 3.8) is 0 Å². The highest BCUT2D eigenvalue weighted by Gasteiger charge is 2.29. The van der Waals surface area contributed by atoms with E-state index in [1.54, 1.807) is 14.0 Å². The van der Waals surface area contributed by atoms with Gasteiger partial charge >= 0.3 is 0 Å². The lowest BCUT2D eigenvalue weighted by molar-refractivity contribution is 0.0902. The van der Waals surface area contributed by atoms with Crippen LogP contribution in [0.1, 0.15) is 19.8 Å². The first kappa shape index (κ1) is 13.8. The van der Waals surface area contributed by atoms with Crippen LogP contribution in [0.3, 0.4) is 0 Å². The second kappa shape index (κ2) is 5.16. The molecule has 1 saturated heterocycles. The van der Waals surface area contributed by atoms with Crippen molar-refractivity contribution in [2.24, 2.45) is 7.05 Å². The number of nitrogens with zero attached hydrogens (tertiary/aromatic N) is 2. The van der Waals surface area contributed by atoms with Crippen molar-refractivity contribution >= 4 is 21.6 Å². The average Bonchev–Trinajstić information content (AvgIpc) is 2.89. The van der Waals surface area contributed by atoms with Gasteiger partial charge in [-0.2, -0.15) is 0 Å². The Balaban J connectivity index is 2.14. The van der Waals surface area contributed by atoms with E-state index in [2.05, 4.69) is 9.71 Å². The summed E-state index contributed by atoms with van der Waals surface area (Å²) < 4.78 is 33.7. The number of hydrogen-bond acceptors (Lipinski definition) is 4. The second-order valence-electron chi connectivity index (χ2n) is 4.41. The summed E-state index contributed by atoms with van der Waals surface area (Å²) in [6.07, 6.45) is 3.11. The highest BCUT2D eigenvalue weighted by atomic mass is 35.5. The van der Waals surface area contributed by atoms with Gasteiger partial charge in [0, 0.05) is 19.7 Å². The first-order valence-electron chi connectivity index (χ1n) is 5.72. The van der Waals surface area contributed by atoms with E-state index >= 15 is 0 Å². The summed E-state index contributed by atoms with van der Waals surface area (Å²) in [5.74, 6) is 0. The summed E-state index contributed by atoms with van der Waals surface area (Å²) in [4.78, 5) is 3.81. The highest BCUT2D eigenvalue weighted by Crippen LogP contribution is 2.21. The normalized spacial score (nSPS) is 22.3. The van der Waals surface area contributed by atoms with Crippen LogP contribution >= 0.6 is 11.6 Å². The Bertz CT molecular complexity index is 522. The number of nitrogens with one attached hydrogen (secondary N) is 1. The third-order valence-corrected chi connectivity index (χ3v) is 5.00. The van der Waals surface area contributed by atoms with Gasteiger partial charge in [-0.1, -0.05) is 11.6 Å². The lowest BCUT2D eigenvalue weighted by Crippen LogP contribution is -2.41. The third-order valence-electron chi connectivity index (χ3n) is 2.95. The third kappa shape index (κ3) is 2.69. The van der Waals surface area contributed by atoms with Crippen LogP contribution in [-0.4, -0.2) is 36.7 Å². The standard InChI is InChI=1S/C10H16ClN3O3S/c1-7(8-4-3-5-17-8)13-18(15,16)10-9(11)14(2)6-12-10/h6-8,13H,3-5H2,1-2H3. The summed E-state index contributed by atoms with van der Waals surface area (Å²) in [6.45, 7) is 2.46. The Kier molecular flexibility index (Phi) is 3.96. The molecule has 2 heterocycles. The first-order valence-corrected chi connectivity index (χ1v) is 7.58. The Morgan fingerprint density at radius 3 is 2.89 bits per heavy atom. The van der Waals surface area contributed by atoms with Crippen LogP contribution in [0.25, 0.3) is 0 Å². The molecule has 0 saturated carbocycles. The van der Waals surface area contributed by atoms with E-state index in [9.17, 15) is 8.42 Å². The number of hydrogen-bond donors (Lipinski definition) is 1. The van der Waals surface area contributed by atoms with Crippen LogP contribution < -0.4 is 4.72 Å². The molecule has 18 heavy (non-hydrogen) atoms. The molecule has 1 aliphatic rings. The van der Waals surface area contributed by atoms with Crippen molar-refractivity contribution in [2.45, 2.75) is 36.9 Å². The number of imidazole rings is 1. The van der Waals surface area contributed by atoms with Crippen LogP contribution in [0.4, 0.5) is 0 Å². The maximum atomic E-state index is 12.1. The zero-order valence-electron chi connectivity index (χ0n) is 10.3. The topological polar surface area (TPSA) is 73.2 Å². The van der Waals surface area contributed by atoms with Gasteiger partial charge in [-0.3, -0.25) is 0 Å². The van der Waals surface area contributed by atoms with Crippen molar-refractivity contribution in [3.8, 4) is 0 Å². The molecule has 1 N–H and O–H groups in total. The Labute approximate surface area is 111 Å². The van der Waals surface area contributed by atoms with E-state index in [0.717, 1.165) is 12.8 Å². The van der Waals surface area contributed by atoms with E-state index in [1.807, 2.05) is 0 Å². The fraction of sp³-hybridized carbons (Fsp3) is 0.700. The SMILES string of the molecule is CC(NS(=O)(=O)c1ncn(C)c1Cl)C1CCCO1. The van der Waals surface area contributed by atoms with Crippen LogP contribution in [0.2, 0.25) is 5.15 Å². The van der Waals surface area contributed by atoms with Crippen molar-refractivity contribution < 1.29 is 13.2 Å². The molecule has 2 rings (SSSR count). The maximum absolute atomic E-state index is 12.1. The van der Waals surface area contributed by atoms with Crippen LogP contribution in [0.15, 0.2) is 11.4 Å². The first-order chi connectivity index (χ1) is 8.42. The average molecular weight is 294 g/mol. The molecule has 1 aromatic rings. The minimum Gasteiger partial charge on any atom is -0.377 e. The molecule has 6 nitrogen and oxygen atoms in total. The van der Waals surface area contributed by atoms with E-state index < -0.39 is 10.0 Å². The number of ether oxygens (including phenoxy) is 1. The molecular formula is C10H16ClN3O3S. The molecule has 1 fully saturated rings. The fourth-order valence-electron chi connectivity index (χ4n) is 1.95. The zero-order valence-corrected chi connectivity index (χ0v) is 11.8. The van der Waals surface area contributed by atoms with Gasteiger partial charge in [0.2, 0.25) is 5.03 Å². The molecule has 2 unspecified atom stereocenters. The molecule has 1 aromatic heterocycles. The molecular weight excluding hydrogens is 278 g/mol. The van der Waals surface area contributed by atoms with E-state index in [1.165, 1.54) is 10.9 Å². The lowest BCUT2D eigenvalue weighted by atomic mass is 10.1. The van der Waals surface area contributed by atoms with Gasteiger partial charge in [0.1, 0.15) is 5.15 Å². The summed E-state index contributed by atoms with van der Waals surface area (Å²) in [5, 5.41) is -0.0430. The number of halogens is 1. The Morgan fingerprint density at radius 2 is 2.39 bits per heavy atom. The molecule has 2 atom stereocenters. The Morgan fingerprint density at radius 1 is 1.67 bits per heavy atom. The monoisotopic (exact) mass is 293 g/mol. The van der Waals surface area contributed by atoms with Gasteiger partial charge in [-0.25, -0.2) is 18.1 Å². The summed E-state index contributed by atoms with van der Waals surface area (Å²) in [7, 11) is -2.06. The van der Waals surface area contributed by atoms with Gasteiger partial charge in [-0.15, -0.1) is 0 Å². The molecule has 8 heteroatoms. The van der Waals surface area contributed by atoms with Gasteiger partial charge in [-0.05, 0) is 19.8 Å². The van der Waals surface area contributed by atoms with Crippen molar-refractivity contribution in [1.29, 1.82) is 0 Å². The lowest BCUT2D eigenvalue weighted by Gasteiger charge is -2.19. The molecule has 0 amide bonds. The molecule has 0 aromatic carbocycles. The van der Waals surface area contributed by atoms with Gasteiger partial charge < -0.3 is 9.30 Å². The predicted octanol–water partition coefficient (Wildman–Crippen LogP) is 0.919. The fourth-order valence-corrected chi connectivity index (χ4v) is 3.65. The zero-order chi connectivity index (χ0) is 13.3. The van der Waals surface area contributed by atoms with Gasteiger partial charge in [0.05, 0.1) is 12.4 Å². The van der Waals surface area contributed by atoms with Crippen molar-refractivity contribution in [3.05, 3.63) is 11.5 Å². The maximum Gasteiger partial charge on any atom is 0.261 e. The minimum absolute atomic E-state index is 0.0812. The summed E-state index contributed by atoms with van der Waals surface area (Å²) in [6, 6.07) is -0.296. The molecule has 0 radical (unpaired) electrons. The van der Waals surface area contributed by atoms with Crippen molar-refractivity contribution in [1.82, 2.24) is 14.3 Å². The molecule has 102 valence electrons. The van der Waals surface area contributed by atoms with Gasteiger partial charge in [0.25, 0.3) is 10.0 Å². The smallest absolute Gasteiger partial charge is 0.261 e. The van der Waals surface area contributed by atoms with Crippen molar-refractivity contribution in [2.75, 3.05) is 6.61 Å². The second-order valence-corrected chi connectivity index (χ2v) is 6.40. The Hall–Kier alpha value is -0.630. The molecule has 0 aliphatic carbocycles. The summed E-state index contributed by atoms with van der Waals surface area (Å²) in [5.41, 5.74) is 0. The quantitative estimate of drug-likeness (QED) is 0.896. The number of rotatable bonds is 4. The predicted molar refractivity (Wildman–Crippen MR) is 67.0 cm³/mol. The molecule has 0 spiro atoms. The van der Waals surface area contributed by atoms with Gasteiger partial charge in [0.15, 0.2) is 0 Å². The number of aromatic nitrogens is 2. The van der Waals surface area contributed by atoms with Crippen LogP contribution in [0, 0.1) is 0 Å².